The molecule has 3 rings (SSSR count). The lowest BCUT2D eigenvalue weighted by atomic mass is 9.99. The summed E-state index contributed by atoms with van der Waals surface area (Å²) >= 11 is 0. The Morgan fingerprint density at radius 2 is 1.78 bits per heavy atom. The molecule has 0 bridgehead atoms. The van der Waals surface area contributed by atoms with Crippen LogP contribution in [0.3, 0.4) is 0 Å². The highest BCUT2D eigenvalue weighted by Crippen LogP contribution is 2.22. The number of hydrogen-bond donors (Lipinski definition) is 1. The fourth-order valence-corrected chi connectivity index (χ4v) is 3.03. The SMILES string of the molecule is CCOc1ccc(OCC(=O)Nc2ccc(N3CCC(C)CC3)nc2)cc1. The maximum atomic E-state index is 12.1. The zero-order valence-corrected chi connectivity index (χ0v) is 16.0. The van der Waals surface area contributed by atoms with Crippen LogP contribution in [-0.2, 0) is 4.79 Å². The Balaban J connectivity index is 1.46. The van der Waals surface area contributed by atoms with Gasteiger partial charge in [0.2, 0.25) is 0 Å². The van der Waals surface area contributed by atoms with Crippen molar-refractivity contribution in [1.82, 2.24) is 4.98 Å². The Labute approximate surface area is 160 Å². The van der Waals surface area contributed by atoms with Crippen molar-refractivity contribution in [3.8, 4) is 11.5 Å². The average Bonchev–Trinajstić information content (AvgIpc) is 2.69. The minimum atomic E-state index is -0.217. The number of amides is 1. The number of benzene rings is 1. The third-order valence-corrected chi connectivity index (χ3v) is 4.64. The molecule has 0 spiro atoms. The number of pyridine rings is 1. The summed E-state index contributed by atoms with van der Waals surface area (Å²) in [4.78, 5) is 18.9. The lowest BCUT2D eigenvalue weighted by Gasteiger charge is -2.31. The second kappa shape index (κ2) is 9.26. The maximum absolute atomic E-state index is 12.1. The summed E-state index contributed by atoms with van der Waals surface area (Å²) < 4.78 is 10.9. The molecular formula is C21H27N3O3. The Morgan fingerprint density at radius 3 is 2.37 bits per heavy atom. The molecule has 0 aliphatic carbocycles. The van der Waals surface area contributed by atoms with Crippen LogP contribution in [-0.4, -0.2) is 37.2 Å². The first-order valence-corrected chi connectivity index (χ1v) is 9.50. The van der Waals surface area contributed by atoms with Gasteiger partial charge in [0.1, 0.15) is 17.3 Å². The number of piperidine rings is 1. The van der Waals surface area contributed by atoms with E-state index in [9.17, 15) is 4.79 Å². The molecule has 144 valence electrons. The summed E-state index contributed by atoms with van der Waals surface area (Å²) in [6, 6.07) is 11.1. The van der Waals surface area contributed by atoms with Gasteiger partial charge in [-0.2, -0.15) is 0 Å². The lowest BCUT2D eigenvalue weighted by molar-refractivity contribution is -0.118. The smallest absolute Gasteiger partial charge is 0.262 e. The molecule has 1 aliphatic rings. The molecule has 0 unspecified atom stereocenters. The van der Waals surface area contributed by atoms with Crippen LogP contribution in [0.15, 0.2) is 42.6 Å². The zero-order valence-electron chi connectivity index (χ0n) is 16.0. The number of nitrogens with zero attached hydrogens (tertiary/aromatic N) is 2. The fourth-order valence-electron chi connectivity index (χ4n) is 3.03. The number of rotatable bonds is 7. The second-order valence-corrected chi connectivity index (χ2v) is 6.82. The van der Waals surface area contributed by atoms with E-state index in [1.54, 1.807) is 18.3 Å². The molecule has 1 N–H and O–H groups in total. The van der Waals surface area contributed by atoms with E-state index in [2.05, 4.69) is 22.1 Å². The molecule has 0 radical (unpaired) electrons. The monoisotopic (exact) mass is 369 g/mol. The van der Waals surface area contributed by atoms with Crippen molar-refractivity contribution in [3.05, 3.63) is 42.6 Å². The number of anilines is 2. The Hall–Kier alpha value is -2.76. The number of hydrogen-bond acceptors (Lipinski definition) is 5. The number of carbonyl (C=O) groups is 1. The van der Waals surface area contributed by atoms with Gasteiger partial charge >= 0.3 is 0 Å². The predicted octanol–water partition coefficient (Wildman–Crippen LogP) is 3.73. The van der Waals surface area contributed by atoms with Crippen LogP contribution in [0.25, 0.3) is 0 Å². The lowest BCUT2D eigenvalue weighted by Crippen LogP contribution is -2.33. The minimum Gasteiger partial charge on any atom is -0.494 e. The van der Waals surface area contributed by atoms with Crippen molar-refractivity contribution in [2.75, 3.05) is 36.5 Å². The number of carbonyl (C=O) groups excluding carboxylic acids is 1. The molecule has 0 saturated carbocycles. The minimum absolute atomic E-state index is 0.0558. The van der Waals surface area contributed by atoms with Gasteiger partial charge in [0.05, 0.1) is 18.5 Å². The van der Waals surface area contributed by atoms with Gasteiger partial charge in [-0.05, 0) is 62.1 Å². The molecule has 0 atom stereocenters. The molecule has 1 saturated heterocycles. The normalized spacial score (nSPS) is 14.7. The number of aromatic nitrogens is 1. The van der Waals surface area contributed by atoms with Gasteiger partial charge in [-0.3, -0.25) is 4.79 Å². The first kappa shape index (κ1) is 19.0. The van der Waals surface area contributed by atoms with Gasteiger partial charge in [-0.25, -0.2) is 4.98 Å². The van der Waals surface area contributed by atoms with E-state index in [0.29, 0.717) is 18.0 Å². The molecule has 1 amide bonds. The zero-order chi connectivity index (χ0) is 19.1. The topological polar surface area (TPSA) is 63.7 Å². The van der Waals surface area contributed by atoms with Gasteiger partial charge in [-0.15, -0.1) is 0 Å². The maximum Gasteiger partial charge on any atom is 0.262 e. The van der Waals surface area contributed by atoms with E-state index < -0.39 is 0 Å². The van der Waals surface area contributed by atoms with Crippen molar-refractivity contribution in [3.63, 3.8) is 0 Å². The first-order valence-electron chi connectivity index (χ1n) is 9.50. The highest BCUT2D eigenvalue weighted by atomic mass is 16.5. The Morgan fingerprint density at radius 1 is 1.11 bits per heavy atom. The van der Waals surface area contributed by atoms with Crippen LogP contribution in [0.5, 0.6) is 11.5 Å². The Bertz CT molecular complexity index is 723. The molecule has 27 heavy (non-hydrogen) atoms. The van der Waals surface area contributed by atoms with Gasteiger partial charge in [0, 0.05) is 13.1 Å². The van der Waals surface area contributed by atoms with Gasteiger partial charge in [0.25, 0.3) is 5.91 Å². The highest BCUT2D eigenvalue weighted by Gasteiger charge is 2.16. The number of nitrogens with one attached hydrogen (secondary N) is 1. The molecule has 1 aromatic carbocycles. The van der Waals surface area contributed by atoms with Gasteiger partial charge in [-0.1, -0.05) is 6.92 Å². The van der Waals surface area contributed by atoms with E-state index >= 15 is 0 Å². The molecule has 6 nitrogen and oxygen atoms in total. The van der Waals surface area contributed by atoms with E-state index in [0.717, 1.165) is 30.6 Å². The highest BCUT2D eigenvalue weighted by molar-refractivity contribution is 5.91. The summed E-state index contributed by atoms with van der Waals surface area (Å²) in [6.07, 6.45) is 4.09. The van der Waals surface area contributed by atoms with Crippen LogP contribution in [0.1, 0.15) is 26.7 Å². The first-order chi connectivity index (χ1) is 13.1. The van der Waals surface area contributed by atoms with Crippen molar-refractivity contribution in [2.45, 2.75) is 26.7 Å². The Kier molecular flexibility index (Phi) is 6.52. The van der Waals surface area contributed by atoms with Gasteiger partial charge in [0.15, 0.2) is 6.61 Å². The summed E-state index contributed by atoms with van der Waals surface area (Å²) in [7, 11) is 0. The van der Waals surface area contributed by atoms with Gasteiger partial charge < -0.3 is 19.7 Å². The summed E-state index contributed by atoms with van der Waals surface area (Å²) in [5.74, 6) is 2.94. The van der Waals surface area contributed by atoms with Crippen molar-refractivity contribution in [2.24, 2.45) is 5.92 Å². The second-order valence-electron chi connectivity index (χ2n) is 6.82. The van der Waals surface area contributed by atoms with Crippen LogP contribution in [0.2, 0.25) is 0 Å². The van der Waals surface area contributed by atoms with Crippen molar-refractivity contribution in [1.29, 1.82) is 0 Å². The fraction of sp³-hybridized carbons (Fsp3) is 0.429. The molecule has 1 fully saturated rings. The molecule has 2 heterocycles. The summed E-state index contributed by atoms with van der Waals surface area (Å²) in [5.41, 5.74) is 0.671. The largest absolute Gasteiger partial charge is 0.494 e. The van der Waals surface area contributed by atoms with Crippen LogP contribution < -0.4 is 19.7 Å². The molecular weight excluding hydrogens is 342 g/mol. The van der Waals surface area contributed by atoms with E-state index in [1.807, 2.05) is 31.2 Å². The van der Waals surface area contributed by atoms with E-state index in [-0.39, 0.29) is 12.5 Å². The predicted molar refractivity (Wildman–Crippen MR) is 107 cm³/mol. The molecule has 1 aromatic heterocycles. The number of ether oxygens (including phenoxy) is 2. The standard InChI is InChI=1S/C21H27N3O3/c1-3-26-18-5-7-19(8-6-18)27-15-21(25)23-17-4-9-20(22-14-17)24-12-10-16(2)11-13-24/h4-9,14,16H,3,10-13,15H2,1-2H3,(H,23,25). The third-order valence-electron chi connectivity index (χ3n) is 4.64. The average molecular weight is 369 g/mol. The summed E-state index contributed by atoms with van der Waals surface area (Å²) in [5, 5.41) is 2.81. The van der Waals surface area contributed by atoms with Crippen molar-refractivity contribution >= 4 is 17.4 Å². The van der Waals surface area contributed by atoms with E-state index in [4.69, 9.17) is 9.47 Å². The molecule has 6 heteroatoms. The van der Waals surface area contributed by atoms with E-state index in [1.165, 1.54) is 12.8 Å². The van der Waals surface area contributed by atoms with Crippen LogP contribution in [0, 0.1) is 5.92 Å². The van der Waals surface area contributed by atoms with Crippen molar-refractivity contribution < 1.29 is 14.3 Å². The molecule has 2 aromatic rings. The van der Waals surface area contributed by atoms with Crippen LogP contribution in [0.4, 0.5) is 11.5 Å². The quantitative estimate of drug-likeness (QED) is 0.806. The molecule has 1 aliphatic heterocycles. The summed E-state index contributed by atoms with van der Waals surface area (Å²) in [6.45, 7) is 6.86. The van der Waals surface area contributed by atoms with Crippen LogP contribution >= 0.6 is 0 Å². The third kappa shape index (κ3) is 5.61.